The van der Waals surface area contributed by atoms with Gasteiger partial charge in [0, 0.05) is 23.1 Å². The van der Waals surface area contributed by atoms with Crippen LogP contribution in [0.15, 0.2) is 57.9 Å². The predicted octanol–water partition coefficient (Wildman–Crippen LogP) is 4.14. The molecule has 6 nitrogen and oxygen atoms in total. The molecular weight excluding hydrogens is 360 g/mol. The lowest BCUT2D eigenvalue weighted by molar-refractivity contribution is 0.0995. The number of rotatable bonds is 4. The number of carbonyl (C=O) groups excluding carboxylic acids is 1. The molecule has 23 heavy (non-hydrogen) atoms. The van der Waals surface area contributed by atoms with Gasteiger partial charge in [-0.1, -0.05) is 6.07 Å². The van der Waals surface area contributed by atoms with Gasteiger partial charge in [0.05, 0.1) is 0 Å². The molecule has 1 aromatic carbocycles. The Hall–Kier alpha value is -2.67. The minimum atomic E-state index is -0.314. The fraction of sp³-hybridized carbons (Fsp3) is 0.0625. The topological polar surface area (TPSA) is 80.0 Å². The zero-order chi connectivity index (χ0) is 16.2. The molecule has 0 aliphatic carbocycles. The largest absolute Gasteiger partial charge is 0.444 e. The van der Waals surface area contributed by atoms with Crippen LogP contribution in [0, 0.1) is 6.92 Å². The van der Waals surface area contributed by atoms with E-state index < -0.39 is 0 Å². The Bertz CT molecular complexity index is 847. The van der Waals surface area contributed by atoms with E-state index in [2.05, 4.69) is 36.5 Å². The van der Waals surface area contributed by atoms with E-state index in [-0.39, 0.29) is 11.7 Å². The molecule has 0 saturated heterocycles. The highest BCUT2D eigenvalue weighted by Gasteiger charge is 2.10. The van der Waals surface area contributed by atoms with Gasteiger partial charge in [-0.3, -0.25) is 4.79 Å². The number of carbonyl (C=O) groups is 1. The number of nitrogens with one attached hydrogen (secondary N) is 2. The normalized spacial score (nSPS) is 10.3. The molecule has 3 aromatic rings. The molecule has 0 unspecified atom stereocenters. The maximum Gasteiger partial charge on any atom is 0.291 e. The Morgan fingerprint density at radius 2 is 1.96 bits per heavy atom. The lowest BCUT2D eigenvalue weighted by atomic mass is 10.2. The summed E-state index contributed by atoms with van der Waals surface area (Å²) in [5, 5.41) is 5.95. The fourth-order valence-electron chi connectivity index (χ4n) is 1.97. The van der Waals surface area contributed by atoms with Crippen LogP contribution in [0.25, 0.3) is 0 Å². The molecule has 1 amide bonds. The minimum Gasteiger partial charge on any atom is -0.444 e. The van der Waals surface area contributed by atoms with Crippen molar-refractivity contribution in [3.8, 4) is 0 Å². The Kier molecular flexibility index (Phi) is 4.38. The number of anilines is 3. The number of hydrogen-bond acceptors (Lipinski definition) is 5. The van der Waals surface area contributed by atoms with Gasteiger partial charge >= 0.3 is 0 Å². The van der Waals surface area contributed by atoms with Gasteiger partial charge in [0.2, 0.25) is 0 Å². The number of halogens is 1. The van der Waals surface area contributed by atoms with Crippen molar-refractivity contribution in [2.24, 2.45) is 0 Å². The highest BCUT2D eigenvalue weighted by Crippen LogP contribution is 2.20. The Morgan fingerprint density at radius 1 is 1.13 bits per heavy atom. The molecule has 3 rings (SSSR count). The van der Waals surface area contributed by atoms with Gasteiger partial charge in [0.25, 0.3) is 5.91 Å². The van der Waals surface area contributed by atoms with Crippen LogP contribution in [0.1, 0.15) is 16.2 Å². The Labute approximate surface area is 141 Å². The molecule has 2 heterocycles. The van der Waals surface area contributed by atoms with Crippen LogP contribution < -0.4 is 10.6 Å². The monoisotopic (exact) mass is 372 g/mol. The third-order valence-corrected chi connectivity index (χ3v) is 3.42. The van der Waals surface area contributed by atoms with Crippen LogP contribution in [0.2, 0.25) is 0 Å². The maximum absolute atomic E-state index is 12.1. The standard InChI is InChI=1S/C16H13BrN4O2/c1-10-7-15(19-9-18-10)20-11-3-2-4-12(8-11)21-16(22)13-5-6-14(17)23-13/h2-9H,1H3,(H,21,22)(H,18,19,20). The molecule has 7 heteroatoms. The summed E-state index contributed by atoms with van der Waals surface area (Å²) in [5.74, 6) is 0.614. The third-order valence-electron chi connectivity index (χ3n) is 2.99. The van der Waals surface area contributed by atoms with E-state index in [1.54, 1.807) is 18.2 Å². The van der Waals surface area contributed by atoms with Crippen LogP contribution in [-0.2, 0) is 0 Å². The lowest BCUT2D eigenvalue weighted by Crippen LogP contribution is -2.10. The number of hydrogen-bond donors (Lipinski definition) is 2. The molecule has 2 aromatic heterocycles. The fourth-order valence-corrected chi connectivity index (χ4v) is 2.28. The van der Waals surface area contributed by atoms with Gasteiger partial charge in [0.15, 0.2) is 10.4 Å². The minimum absolute atomic E-state index is 0.238. The van der Waals surface area contributed by atoms with Crippen molar-refractivity contribution >= 4 is 39.0 Å². The van der Waals surface area contributed by atoms with E-state index >= 15 is 0 Å². The van der Waals surface area contributed by atoms with Crippen molar-refractivity contribution in [1.82, 2.24) is 9.97 Å². The van der Waals surface area contributed by atoms with Crippen molar-refractivity contribution in [3.63, 3.8) is 0 Å². The van der Waals surface area contributed by atoms with E-state index in [0.717, 1.165) is 11.4 Å². The van der Waals surface area contributed by atoms with Crippen molar-refractivity contribution in [1.29, 1.82) is 0 Å². The summed E-state index contributed by atoms with van der Waals surface area (Å²) in [6.45, 7) is 1.89. The van der Waals surface area contributed by atoms with E-state index in [1.165, 1.54) is 6.33 Å². The number of amides is 1. The summed E-state index contributed by atoms with van der Waals surface area (Å²) in [5.41, 5.74) is 2.33. The molecule has 2 N–H and O–H groups in total. The smallest absolute Gasteiger partial charge is 0.291 e. The molecule has 116 valence electrons. The molecule has 0 fully saturated rings. The van der Waals surface area contributed by atoms with Crippen molar-refractivity contribution in [3.05, 3.63) is 64.9 Å². The zero-order valence-corrected chi connectivity index (χ0v) is 13.8. The average Bonchev–Trinajstić information content (AvgIpc) is 2.94. The lowest BCUT2D eigenvalue weighted by Gasteiger charge is -2.08. The van der Waals surface area contributed by atoms with E-state index in [4.69, 9.17) is 4.42 Å². The Morgan fingerprint density at radius 3 is 2.70 bits per heavy atom. The Balaban J connectivity index is 1.73. The number of nitrogens with zero attached hydrogens (tertiary/aromatic N) is 2. The first-order chi connectivity index (χ1) is 11.1. The van der Waals surface area contributed by atoms with E-state index in [1.807, 2.05) is 31.2 Å². The van der Waals surface area contributed by atoms with Gasteiger partial charge in [-0.05, 0) is 53.2 Å². The molecule has 0 aliphatic rings. The zero-order valence-electron chi connectivity index (χ0n) is 12.2. The van der Waals surface area contributed by atoms with Crippen LogP contribution in [0.3, 0.4) is 0 Å². The van der Waals surface area contributed by atoms with Crippen molar-refractivity contribution in [2.75, 3.05) is 10.6 Å². The van der Waals surface area contributed by atoms with Crippen LogP contribution in [-0.4, -0.2) is 15.9 Å². The second-order valence-corrected chi connectivity index (χ2v) is 5.59. The summed E-state index contributed by atoms with van der Waals surface area (Å²) < 4.78 is 5.74. The summed E-state index contributed by atoms with van der Waals surface area (Å²) in [7, 11) is 0. The highest BCUT2D eigenvalue weighted by atomic mass is 79.9. The molecule has 0 spiro atoms. The van der Waals surface area contributed by atoms with Gasteiger partial charge < -0.3 is 15.1 Å². The summed E-state index contributed by atoms with van der Waals surface area (Å²) in [4.78, 5) is 20.3. The van der Waals surface area contributed by atoms with Crippen LogP contribution in [0.5, 0.6) is 0 Å². The number of aryl methyl sites for hydroxylation is 1. The van der Waals surface area contributed by atoms with Crippen LogP contribution in [0.4, 0.5) is 17.2 Å². The van der Waals surface area contributed by atoms with Crippen LogP contribution >= 0.6 is 15.9 Å². The predicted molar refractivity (Wildman–Crippen MR) is 90.9 cm³/mol. The average molecular weight is 373 g/mol. The number of benzene rings is 1. The van der Waals surface area contributed by atoms with Gasteiger partial charge in [0.1, 0.15) is 12.1 Å². The molecule has 0 bridgehead atoms. The van der Waals surface area contributed by atoms with Crippen molar-refractivity contribution in [2.45, 2.75) is 6.92 Å². The second kappa shape index (κ2) is 6.62. The van der Waals surface area contributed by atoms with E-state index in [0.29, 0.717) is 16.2 Å². The summed E-state index contributed by atoms with van der Waals surface area (Å²) in [6.07, 6.45) is 1.50. The first kappa shape index (κ1) is 15.2. The van der Waals surface area contributed by atoms with E-state index in [9.17, 15) is 4.79 Å². The SMILES string of the molecule is Cc1cc(Nc2cccc(NC(=O)c3ccc(Br)o3)c2)ncn1. The summed E-state index contributed by atoms with van der Waals surface area (Å²) >= 11 is 3.17. The van der Waals surface area contributed by atoms with Gasteiger partial charge in [-0.25, -0.2) is 9.97 Å². The summed E-state index contributed by atoms with van der Waals surface area (Å²) in [6, 6.07) is 12.4. The third kappa shape index (κ3) is 3.95. The first-order valence-corrected chi connectivity index (χ1v) is 7.62. The van der Waals surface area contributed by atoms with Crippen molar-refractivity contribution < 1.29 is 9.21 Å². The highest BCUT2D eigenvalue weighted by molar-refractivity contribution is 9.10. The van der Waals surface area contributed by atoms with Gasteiger partial charge in [-0.2, -0.15) is 0 Å². The maximum atomic E-state index is 12.1. The molecule has 0 aliphatic heterocycles. The molecule has 0 radical (unpaired) electrons. The number of furan rings is 1. The van der Waals surface area contributed by atoms with Gasteiger partial charge in [-0.15, -0.1) is 0 Å². The second-order valence-electron chi connectivity index (χ2n) is 4.81. The molecular formula is C16H13BrN4O2. The first-order valence-electron chi connectivity index (χ1n) is 6.82. The molecule has 0 atom stereocenters. The number of aromatic nitrogens is 2. The molecule has 0 saturated carbocycles. The quantitative estimate of drug-likeness (QED) is 0.719.